The molecule has 2 aliphatic carbocycles. The number of carbonyl (C=O) groups is 1. The summed E-state index contributed by atoms with van der Waals surface area (Å²) in [6, 6.07) is 2.82. The Bertz CT molecular complexity index is 505. The molecular weight excluding hydrogens is 299 g/mol. The molecule has 2 aliphatic rings. The maximum Gasteiger partial charge on any atom is 0.170 e. The van der Waals surface area contributed by atoms with E-state index in [1.54, 1.807) is 6.07 Å². The summed E-state index contributed by atoms with van der Waals surface area (Å²) in [5.74, 6) is 1.31. The number of benzene rings is 1. The lowest BCUT2D eigenvalue weighted by atomic mass is 10.0. The molecule has 0 heterocycles. The highest BCUT2D eigenvalue weighted by atomic mass is 79.9. The van der Waals surface area contributed by atoms with Crippen molar-refractivity contribution in [1.82, 2.24) is 0 Å². The van der Waals surface area contributed by atoms with Crippen LogP contribution in [0.25, 0.3) is 0 Å². The molecule has 0 radical (unpaired) electrons. The van der Waals surface area contributed by atoms with Gasteiger partial charge < -0.3 is 4.74 Å². The summed E-state index contributed by atoms with van der Waals surface area (Å²) in [5, 5.41) is 0. The first-order valence-corrected chi connectivity index (χ1v) is 7.00. The molecule has 0 saturated heterocycles. The van der Waals surface area contributed by atoms with E-state index in [4.69, 9.17) is 4.74 Å². The lowest BCUT2D eigenvalue weighted by molar-refractivity contribution is 0.0948. The van der Waals surface area contributed by atoms with E-state index < -0.39 is 5.82 Å². The number of rotatable bonds is 3. The zero-order valence-corrected chi connectivity index (χ0v) is 11.7. The van der Waals surface area contributed by atoms with Gasteiger partial charge in [0.05, 0.1) is 17.1 Å². The number of hydrogen-bond donors (Lipinski definition) is 0. The quantitative estimate of drug-likeness (QED) is 0.793. The van der Waals surface area contributed by atoms with Crippen molar-refractivity contribution in [2.24, 2.45) is 17.8 Å². The normalized spacial score (nSPS) is 28.9. The number of ether oxygens (including phenoxy) is 1. The monoisotopic (exact) mass is 312 g/mol. The van der Waals surface area contributed by atoms with Crippen molar-refractivity contribution < 1.29 is 13.9 Å². The van der Waals surface area contributed by atoms with E-state index in [1.165, 1.54) is 19.6 Å². The first-order valence-electron chi connectivity index (χ1n) is 6.20. The fourth-order valence-corrected chi connectivity index (χ4v) is 3.62. The highest BCUT2D eigenvalue weighted by Crippen LogP contribution is 2.59. The van der Waals surface area contributed by atoms with E-state index in [1.807, 2.05) is 0 Å². The summed E-state index contributed by atoms with van der Waals surface area (Å²) >= 11 is 3.13. The average Bonchev–Trinajstić information content (AvgIpc) is 2.84. The third kappa shape index (κ3) is 1.78. The Morgan fingerprint density at radius 3 is 2.67 bits per heavy atom. The molecule has 1 aromatic rings. The van der Waals surface area contributed by atoms with Crippen molar-refractivity contribution in [2.45, 2.75) is 19.3 Å². The van der Waals surface area contributed by atoms with Crippen molar-refractivity contribution in [3.05, 3.63) is 28.0 Å². The zero-order chi connectivity index (χ0) is 12.9. The van der Waals surface area contributed by atoms with E-state index in [2.05, 4.69) is 15.9 Å². The summed E-state index contributed by atoms with van der Waals surface area (Å²) in [4.78, 5) is 12.4. The SMILES string of the molecule is COc1cc(F)c(Br)cc1C(=O)C1C2CCCC21. The number of carbonyl (C=O) groups excluding carboxylic acids is 1. The van der Waals surface area contributed by atoms with E-state index in [0.29, 0.717) is 27.6 Å². The Morgan fingerprint density at radius 1 is 1.39 bits per heavy atom. The van der Waals surface area contributed by atoms with Crippen LogP contribution in [0.3, 0.4) is 0 Å². The molecule has 0 aromatic heterocycles. The number of ketones is 1. The molecule has 2 fully saturated rings. The van der Waals surface area contributed by atoms with Crippen LogP contribution in [0.2, 0.25) is 0 Å². The first-order chi connectivity index (χ1) is 8.63. The van der Waals surface area contributed by atoms with Crippen LogP contribution in [0.5, 0.6) is 5.75 Å². The molecule has 2 unspecified atom stereocenters. The lowest BCUT2D eigenvalue weighted by Crippen LogP contribution is -2.08. The molecule has 0 aliphatic heterocycles. The summed E-state index contributed by atoms with van der Waals surface area (Å²) in [6.45, 7) is 0. The maximum atomic E-state index is 13.4. The van der Waals surface area contributed by atoms with Crippen molar-refractivity contribution in [2.75, 3.05) is 7.11 Å². The second kappa shape index (κ2) is 4.34. The molecule has 2 saturated carbocycles. The van der Waals surface area contributed by atoms with Crippen LogP contribution in [0.4, 0.5) is 4.39 Å². The smallest absolute Gasteiger partial charge is 0.170 e. The third-order valence-electron chi connectivity index (χ3n) is 4.22. The molecule has 0 N–H and O–H groups in total. The largest absolute Gasteiger partial charge is 0.496 e. The molecule has 0 bridgehead atoms. The molecule has 96 valence electrons. The lowest BCUT2D eigenvalue weighted by Gasteiger charge is -2.10. The minimum Gasteiger partial charge on any atom is -0.496 e. The molecular formula is C14H14BrFO2. The van der Waals surface area contributed by atoms with E-state index in [-0.39, 0.29) is 11.7 Å². The Morgan fingerprint density at radius 2 is 2.06 bits per heavy atom. The predicted octanol–water partition coefficient (Wildman–Crippen LogP) is 3.83. The van der Waals surface area contributed by atoms with Crippen LogP contribution in [0.1, 0.15) is 29.6 Å². The third-order valence-corrected chi connectivity index (χ3v) is 4.82. The topological polar surface area (TPSA) is 26.3 Å². The molecule has 2 nitrogen and oxygen atoms in total. The number of halogens is 2. The molecule has 18 heavy (non-hydrogen) atoms. The number of Topliss-reactive ketones (excluding diaryl/α,β-unsaturated/α-hetero) is 1. The minimum absolute atomic E-state index is 0.113. The van der Waals surface area contributed by atoms with E-state index >= 15 is 0 Å². The van der Waals surface area contributed by atoms with Gasteiger partial charge in [0.15, 0.2) is 5.78 Å². The summed E-state index contributed by atoms with van der Waals surface area (Å²) < 4.78 is 18.9. The van der Waals surface area contributed by atoms with Gasteiger partial charge in [-0.3, -0.25) is 4.79 Å². The van der Waals surface area contributed by atoms with Gasteiger partial charge in [-0.1, -0.05) is 6.42 Å². The highest BCUT2D eigenvalue weighted by molar-refractivity contribution is 9.10. The van der Waals surface area contributed by atoms with Crippen LogP contribution >= 0.6 is 15.9 Å². The van der Waals surface area contributed by atoms with Gasteiger partial charge in [-0.25, -0.2) is 4.39 Å². The van der Waals surface area contributed by atoms with E-state index in [9.17, 15) is 9.18 Å². The second-order valence-electron chi connectivity index (χ2n) is 5.12. The van der Waals surface area contributed by atoms with Crippen molar-refractivity contribution >= 4 is 21.7 Å². The van der Waals surface area contributed by atoms with Gasteiger partial charge in [0.1, 0.15) is 11.6 Å². The summed E-state index contributed by atoms with van der Waals surface area (Å²) in [5.41, 5.74) is 0.505. The number of hydrogen-bond acceptors (Lipinski definition) is 2. The van der Waals surface area contributed by atoms with Gasteiger partial charge in [0.25, 0.3) is 0 Å². The number of methoxy groups -OCH3 is 1. The predicted molar refractivity (Wildman–Crippen MR) is 69.3 cm³/mol. The van der Waals surface area contributed by atoms with Crippen LogP contribution in [-0.4, -0.2) is 12.9 Å². The van der Waals surface area contributed by atoms with Crippen molar-refractivity contribution in [3.8, 4) is 5.75 Å². The summed E-state index contributed by atoms with van der Waals surface area (Å²) in [7, 11) is 1.47. The maximum absolute atomic E-state index is 13.4. The zero-order valence-electron chi connectivity index (χ0n) is 10.1. The molecule has 0 spiro atoms. The molecule has 2 atom stereocenters. The molecule has 1 aromatic carbocycles. The van der Waals surface area contributed by atoms with Crippen LogP contribution in [-0.2, 0) is 0 Å². The van der Waals surface area contributed by atoms with Gasteiger partial charge in [-0.05, 0) is 46.7 Å². The Labute approximate surface area is 114 Å². The van der Waals surface area contributed by atoms with Gasteiger partial charge in [0.2, 0.25) is 0 Å². The highest BCUT2D eigenvalue weighted by Gasteiger charge is 2.56. The number of fused-ring (bicyclic) bond motifs is 1. The molecule has 3 rings (SSSR count). The fraction of sp³-hybridized carbons (Fsp3) is 0.500. The fourth-order valence-electron chi connectivity index (χ4n) is 3.28. The van der Waals surface area contributed by atoms with E-state index in [0.717, 1.165) is 12.8 Å². The minimum atomic E-state index is -0.403. The average molecular weight is 313 g/mol. The van der Waals surface area contributed by atoms with Crippen LogP contribution in [0.15, 0.2) is 16.6 Å². The Balaban J connectivity index is 1.92. The Kier molecular flexibility index (Phi) is 2.93. The van der Waals surface area contributed by atoms with Gasteiger partial charge in [0, 0.05) is 12.0 Å². The summed E-state index contributed by atoms with van der Waals surface area (Å²) in [6.07, 6.45) is 3.56. The molecule has 4 heteroatoms. The van der Waals surface area contributed by atoms with Crippen LogP contribution in [0, 0.1) is 23.6 Å². The standard InChI is InChI=1S/C14H14BrFO2/c1-18-12-6-11(16)10(15)5-9(12)14(17)13-7-3-2-4-8(7)13/h5-8,13H,2-4H2,1H3. The Hall–Kier alpha value is -0.900. The van der Waals surface area contributed by atoms with Crippen molar-refractivity contribution in [3.63, 3.8) is 0 Å². The van der Waals surface area contributed by atoms with Gasteiger partial charge in [-0.2, -0.15) is 0 Å². The van der Waals surface area contributed by atoms with Crippen molar-refractivity contribution in [1.29, 1.82) is 0 Å². The van der Waals surface area contributed by atoms with Crippen LogP contribution < -0.4 is 4.74 Å². The molecule has 0 amide bonds. The van der Waals surface area contributed by atoms with Gasteiger partial charge in [-0.15, -0.1) is 0 Å². The van der Waals surface area contributed by atoms with Gasteiger partial charge >= 0.3 is 0 Å². The second-order valence-corrected chi connectivity index (χ2v) is 5.97. The first kappa shape index (κ1) is 12.2.